The predicted octanol–water partition coefficient (Wildman–Crippen LogP) is 3.53. The van der Waals surface area contributed by atoms with Gasteiger partial charge in [0, 0.05) is 24.2 Å². The molecule has 0 aliphatic rings. The molecular formula is C15H15ClN4O2S. The van der Waals surface area contributed by atoms with Gasteiger partial charge in [0.05, 0.1) is 18.6 Å². The molecule has 23 heavy (non-hydrogen) atoms. The van der Waals surface area contributed by atoms with Crippen LogP contribution in [0.15, 0.2) is 46.4 Å². The Morgan fingerprint density at radius 3 is 2.91 bits per heavy atom. The lowest BCUT2D eigenvalue weighted by atomic mass is 10.2. The van der Waals surface area contributed by atoms with Crippen LogP contribution in [0, 0.1) is 0 Å². The third-order valence-electron chi connectivity index (χ3n) is 3.12. The van der Waals surface area contributed by atoms with Crippen molar-refractivity contribution in [2.75, 3.05) is 13.7 Å². The fraction of sp³-hybridized carbons (Fsp3) is 0.267. The second-order valence-corrected chi connectivity index (χ2v) is 6.09. The van der Waals surface area contributed by atoms with Crippen molar-refractivity contribution in [3.05, 3.63) is 47.7 Å². The van der Waals surface area contributed by atoms with Gasteiger partial charge in [-0.15, -0.1) is 10.2 Å². The smallest absolute Gasteiger partial charge is 0.205 e. The van der Waals surface area contributed by atoms with Gasteiger partial charge in [0.15, 0.2) is 10.9 Å². The lowest BCUT2D eigenvalue weighted by molar-refractivity contribution is 0.184. The molecule has 0 N–H and O–H groups in total. The standard InChI is InChI=1S/C15H15ClN4O2S/c1-21-7-6-20-10-18-19-15(20)23-9-14-17-8-13(22-14)11-2-4-12(16)5-3-11/h2-5,8,10H,6-7,9H2,1H3. The number of ether oxygens (including phenoxy) is 1. The van der Waals surface area contributed by atoms with Gasteiger partial charge in [0.2, 0.25) is 5.89 Å². The number of hydrogen-bond acceptors (Lipinski definition) is 6. The Hall–Kier alpha value is -1.83. The molecule has 0 aliphatic heterocycles. The minimum absolute atomic E-state index is 0.583. The molecule has 0 atom stereocenters. The number of oxazole rings is 1. The molecular weight excluding hydrogens is 336 g/mol. The lowest BCUT2D eigenvalue weighted by Gasteiger charge is -2.03. The van der Waals surface area contributed by atoms with Crippen molar-refractivity contribution in [2.45, 2.75) is 17.5 Å². The quantitative estimate of drug-likeness (QED) is 0.607. The van der Waals surface area contributed by atoms with Crippen molar-refractivity contribution in [1.82, 2.24) is 19.7 Å². The van der Waals surface area contributed by atoms with E-state index in [2.05, 4.69) is 15.2 Å². The Morgan fingerprint density at radius 1 is 1.30 bits per heavy atom. The fourth-order valence-electron chi connectivity index (χ4n) is 1.95. The van der Waals surface area contributed by atoms with Gasteiger partial charge in [0.25, 0.3) is 0 Å². The zero-order chi connectivity index (χ0) is 16.1. The minimum atomic E-state index is 0.583. The number of thioether (sulfide) groups is 1. The third-order valence-corrected chi connectivity index (χ3v) is 4.34. The first kappa shape index (κ1) is 16.0. The molecule has 1 aromatic carbocycles. The highest BCUT2D eigenvalue weighted by Gasteiger charge is 2.10. The Morgan fingerprint density at radius 2 is 2.13 bits per heavy atom. The molecule has 6 nitrogen and oxygen atoms in total. The number of methoxy groups -OCH3 is 1. The highest BCUT2D eigenvalue weighted by Crippen LogP contribution is 2.25. The minimum Gasteiger partial charge on any atom is -0.440 e. The maximum absolute atomic E-state index is 5.89. The molecule has 0 unspecified atom stereocenters. The van der Waals surface area contributed by atoms with E-state index < -0.39 is 0 Å². The topological polar surface area (TPSA) is 66.0 Å². The van der Waals surface area contributed by atoms with E-state index in [0.29, 0.717) is 29.8 Å². The van der Waals surface area contributed by atoms with E-state index >= 15 is 0 Å². The summed E-state index contributed by atoms with van der Waals surface area (Å²) in [5.74, 6) is 1.94. The van der Waals surface area contributed by atoms with Crippen LogP contribution in [-0.2, 0) is 17.0 Å². The Labute approximate surface area is 142 Å². The molecule has 2 aromatic heterocycles. The number of hydrogen-bond donors (Lipinski definition) is 0. The largest absolute Gasteiger partial charge is 0.440 e. The van der Waals surface area contributed by atoms with Crippen LogP contribution in [0.4, 0.5) is 0 Å². The SMILES string of the molecule is COCCn1cnnc1SCc1ncc(-c2ccc(Cl)cc2)o1. The van der Waals surface area contributed by atoms with Crippen molar-refractivity contribution < 1.29 is 9.15 Å². The average molecular weight is 351 g/mol. The molecule has 3 aromatic rings. The van der Waals surface area contributed by atoms with Gasteiger partial charge in [-0.2, -0.15) is 0 Å². The third kappa shape index (κ3) is 4.13. The van der Waals surface area contributed by atoms with E-state index in [1.807, 2.05) is 28.8 Å². The first-order valence-corrected chi connectivity index (χ1v) is 8.33. The number of aromatic nitrogens is 4. The summed E-state index contributed by atoms with van der Waals surface area (Å²) in [7, 11) is 1.67. The van der Waals surface area contributed by atoms with Gasteiger partial charge in [0.1, 0.15) is 6.33 Å². The molecule has 8 heteroatoms. The fourth-order valence-corrected chi connectivity index (χ4v) is 2.87. The molecule has 120 valence electrons. The Kier molecular flexibility index (Phi) is 5.32. The van der Waals surface area contributed by atoms with E-state index in [1.165, 1.54) is 11.8 Å². The second-order valence-electron chi connectivity index (χ2n) is 4.71. The monoisotopic (exact) mass is 350 g/mol. The predicted molar refractivity (Wildman–Crippen MR) is 88.4 cm³/mol. The average Bonchev–Trinajstić information content (AvgIpc) is 3.21. The van der Waals surface area contributed by atoms with Crippen molar-refractivity contribution in [1.29, 1.82) is 0 Å². The Bertz CT molecular complexity index is 757. The second kappa shape index (κ2) is 7.63. The first-order chi connectivity index (χ1) is 11.3. The van der Waals surface area contributed by atoms with Crippen LogP contribution in [-0.4, -0.2) is 33.5 Å². The zero-order valence-corrected chi connectivity index (χ0v) is 14.0. The van der Waals surface area contributed by atoms with Gasteiger partial charge in [-0.05, 0) is 24.3 Å². The van der Waals surface area contributed by atoms with Gasteiger partial charge in [-0.25, -0.2) is 4.98 Å². The number of nitrogens with zero attached hydrogens (tertiary/aromatic N) is 4. The summed E-state index contributed by atoms with van der Waals surface area (Å²) in [4.78, 5) is 4.30. The molecule has 0 amide bonds. The molecule has 0 saturated heterocycles. The van der Waals surface area contributed by atoms with Gasteiger partial charge in [-0.1, -0.05) is 23.4 Å². The molecule has 0 spiro atoms. The van der Waals surface area contributed by atoms with E-state index in [9.17, 15) is 0 Å². The normalized spacial score (nSPS) is 11.0. The van der Waals surface area contributed by atoms with E-state index in [-0.39, 0.29) is 0 Å². The molecule has 0 bridgehead atoms. The summed E-state index contributed by atoms with van der Waals surface area (Å²) >= 11 is 7.41. The number of halogens is 1. The van der Waals surface area contributed by atoms with Crippen molar-refractivity contribution in [3.8, 4) is 11.3 Å². The Balaban J connectivity index is 1.63. The maximum atomic E-state index is 5.89. The van der Waals surface area contributed by atoms with E-state index in [1.54, 1.807) is 19.6 Å². The first-order valence-electron chi connectivity index (χ1n) is 6.96. The lowest BCUT2D eigenvalue weighted by Crippen LogP contribution is -2.04. The molecule has 0 fully saturated rings. The van der Waals surface area contributed by atoms with Crippen molar-refractivity contribution >= 4 is 23.4 Å². The van der Waals surface area contributed by atoms with E-state index in [0.717, 1.165) is 16.5 Å². The summed E-state index contributed by atoms with van der Waals surface area (Å²) in [6.45, 7) is 1.33. The van der Waals surface area contributed by atoms with Gasteiger partial charge >= 0.3 is 0 Å². The van der Waals surface area contributed by atoms with Crippen LogP contribution < -0.4 is 0 Å². The number of rotatable bonds is 7. The van der Waals surface area contributed by atoms with Crippen molar-refractivity contribution in [3.63, 3.8) is 0 Å². The zero-order valence-electron chi connectivity index (χ0n) is 12.5. The van der Waals surface area contributed by atoms with Crippen LogP contribution >= 0.6 is 23.4 Å². The summed E-state index contributed by atoms with van der Waals surface area (Å²) < 4.78 is 12.8. The van der Waals surface area contributed by atoms with Crippen molar-refractivity contribution in [2.24, 2.45) is 0 Å². The highest BCUT2D eigenvalue weighted by molar-refractivity contribution is 7.98. The van der Waals surface area contributed by atoms with Gasteiger partial charge < -0.3 is 13.7 Å². The molecule has 0 radical (unpaired) electrons. The maximum Gasteiger partial charge on any atom is 0.205 e. The van der Waals surface area contributed by atoms with Crippen LogP contribution in [0.1, 0.15) is 5.89 Å². The summed E-state index contributed by atoms with van der Waals surface area (Å²) in [5.41, 5.74) is 0.946. The summed E-state index contributed by atoms with van der Waals surface area (Å²) in [5, 5.41) is 9.52. The summed E-state index contributed by atoms with van der Waals surface area (Å²) in [6.07, 6.45) is 3.41. The van der Waals surface area contributed by atoms with Crippen LogP contribution in [0.25, 0.3) is 11.3 Å². The molecule has 2 heterocycles. The molecule has 3 rings (SSSR count). The van der Waals surface area contributed by atoms with Crippen LogP contribution in [0.3, 0.4) is 0 Å². The molecule has 0 aliphatic carbocycles. The summed E-state index contributed by atoms with van der Waals surface area (Å²) in [6, 6.07) is 7.46. The number of benzene rings is 1. The van der Waals surface area contributed by atoms with Crippen LogP contribution in [0.5, 0.6) is 0 Å². The van der Waals surface area contributed by atoms with E-state index in [4.69, 9.17) is 20.8 Å². The highest BCUT2D eigenvalue weighted by atomic mass is 35.5. The van der Waals surface area contributed by atoms with Gasteiger partial charge in [-0.3, -0.25) is 0 Å². The molecule has 0 saturated carbocycles. The van der Waals surface area contributed by atoms with Crippen LogP contribution in [0.2, 0.25) is 5.02 Å².